The molecular formula is C15H22N2OS2. The van der Waals surface area contributed by atoms with Crippen molar-refractivity contribution in [2.24, 2.45) is 5.41 Å². The predicted octanol–water partition coefficient (Wildman–Crippen LogP) is 3.76. The highest BCUT2D eigenvalue weighted by Gasteiger charge is 2.19. The second-order valence-electron chi connectivity index (χ2n) is 5.94. The molecule has 5 heteroatoms. The van der Waals surface area contributed by atoms with E-state index in [1.807, 2.05) is 6.92 Å². The van der Waals surface area contributed by atoms with E-state index in [0.29, 0.717) is 0 Å². The largest absolute Gasteiger partial charge is 0.393 e. The Morgan fingerprint density at radius 2 is 2.20 bits per heavy atom. The molecule has 2 aromatic rings. The van der Waals surface area contributed by atoms with Crippen LogP contribution in [0.25, 0.3) is 9.88 Å². The summed E-state index contributed by atoms with van der Waals surface area (Å²) in [4.78, 5) is 5.88. The zero-order chi connectivity index (χ0) is 14.6. The van der Waals surface area contributed by atoms with Gasteiger partial charge in [0.05, 0.1) is 16.7 Å². The standard InChI is InChI=1S/C15H22N2OS2/c1-11(18)7-15(2,3)10-16-8-12-9-20-14(17-12)13-5-4-6-19-13/h4-6,9,11,16,18H,7-8,10H2,1-3H3. The van der Waals surface area contributed by atoms with Gasteiger partial charge >= 0.3 is 0 Å². The van der Waals surface area contributed by atoms with Crippen LogP contribution >= 0.6 is 22.7 Å². The zero-order valence-corrected chi connectivity index (χ0v) is 13.9. The molecule has 110 valence electrons. The molecule has 1 unspecified atom stereocenters. The van der Waals surface area contributed by atoms with E-state index in [4.69, 9.17) is 0 Å². The topological polar surface area (TPSA) is 45.1 Å². The van der Waals surface area contributed by atoms with E-state index in [9.17, 15) is 5.11 Å². The van der Waals surface area contributed by atoms with Gasteiger partial charge in [0.25, 0.3) is 0 Å². The third-order valence-electron chi connectivity index (χ3n) is 3.04. The van der Waals surface area contributed by atoms with Gasteiger partial charge in [-0.05, 0) is 30.2 Å². The number of hydrogen-bond acceptors (Lipinski definition) is 5. The number of aliphatic hydroxyl groups is 1. The Balaban J connectivity index is 1.83. The Labute approximate surface area is 128 Å². The number of nitrogens with one attached hydrogen (secondary N) is 1. The van der Waals surface area contributed by atoms with Crippen LogP contribution in [0, 0.1) is 5.41 Å². The molecule has 0 fully saturated rings. The van der Waals surface area contributed by atoms with Gasteiger partial charge in [0.15, 0.2) is 0 Å². The minimum Gasteiger partial charge on any atom is -0.393 e. The predicted molar refractivity (Wildman–Crippen MR) is 87.2 cm³/mol. The van der Waals surface area contributed by atoms with E-state index in [2.05, 4.69) is 47.0 Å². The highest BCUT2D eigenvalue weighted by molar-refractivity contribution is 7.20. The summed E-state index contributed by atoms with van der Waals surface area (Å²) in [5.74, 6) is 0. The van der Waals surface area contributed by atoms with Gasteiger partial charge in [0.2, 0.25) is 0 Å². The minimum absolute atomic E-state index is 0.0980. The Morgan fingerprint density at radius 1 is 1.40 bits per heavy atom. The lowest BCUT2D eigenvalue weighted by Crippen LogP contribution is -2.31. The van der Waals surface area contributed by atoms with Crippen LogP contribution < -0.4 is 5.32 Å². The van der Waals surface area contributed by atoms with E-state index in [1.165, 1.54) is 4.88 Å². The van der Waals surface area contributed by atoms with Crippen LogP contribution in [0.4, 0.5) is 0 Å². The zero-order valence-electron chi connectivity index (χ0n) is 12.2. The molecule has 2 N–H and O–H groups in total. The smallest absolute Gasteiger partial charge is 0.133 e. The number of thiazole rings is 1. The maximum atomic E-state index is 9.48. The normalized spacial score (nSPS) is 13.6. The van der Waals surface area contributed by atoms with Gasteiger partial charge in [-0.3, -0.25) is 0 Å². The van der Waals surface area contributed by atoms with Gasteiger partial charge in [0.1, 0.15) is 5.01 Å². The van der Waals surface area contributed by atoms with Gasteiger partial charge in [-0.2, -0.15) is 0 Å². The molecule has 0 aliphatic carbocycles. The van der Waals surface area contributed by atoms with Gasteiger partial charge in [0, 0.05) is 18.5 Å². The van der Waals surface area contributed by atoms with Crippen LogP contribution in [0.5, 0.6) is 0 Å². The van der Waals surface area contributed by atoms with Crippen molar-refractivity contribution in [3.8, 4) is 9.88 Å². The van der Waals surface area contributed by atoms with Crippen LogP contribution in [-0.4, -0.2) is 22.7 Å². The third-order valence-corrected chi connectivity index (χ3v) is 4.97. The summed E-state index contributed by atoms with van der Waals surface area (Å²) in [6.45, 7) is 7.85. The Hall–Kier alpha value is -0.750. The van der Waals surface area contributed by atoms with Gasteiger partial charge in [-0.1, -0.05) is 19.9 Å². The third kappa shape index (κ3) is 4.66. The molecule has 0 aliphatic rings. The number of aliphatic hydroxyl groups excluding tert-OH is 1. The van der Waals surface area contributed by atoms with Crippen molar-refractivity contribution in [3.63, 3.8) is 0 Å². The number of rotatable bonds is 7. The Morgan fingerprint density at radius 3 is 2.85 bits per heavy atom. The first-order valence-electron chi connectivity index (χ1n) is 6.83. The summed E-state index contributed by atoms with van der Waals surface area (Å²) in [5.41, 5.74) is 1.19. The maximum Gasteiger partial charge on any atom is 0.133 e. The van der Waals surface area contributed by atoms with Crippen LogP contribution in [0.1, 0.15) is 32.9 Å². The fraction of sp³-hybridized carbons (Fsp3) is 0.533. The molecule has 20 heavy (non-hydrogen) atoms. The van der Waals surface area contributed by atoms with Crippen molar-refractivity contribution in [1.29, 1.82) is 0 Å². The number of hydrogen-bond donors (Lipinski definition) is 2. The second-order valence-corrected chi connectivity index (χ2v) is 7.75. The summed E-state index contributed by atoms with van der Waals surface area (Å²) >= 11 is 3.42. The molecular weight excluding hydrogens is 288 g/mol. The molecule has 2 aromatic heterocycles. The second kappa shape index (κ2) is 6.80. The van der Waals surface area contributed by atoms with E-state index in [-0.39, 0.29) is 11.5 Å². The lowest BCUT2D eigenvalue weighted by molar-refractivity contribution is 0.128. The fourth-order valence-electron chi connectivity index (χ4n) is 2.30. The molecule has 0 bridgehead atoms. The highest BCUT2D eigenvalue weighted by atomic mass is 32.1. The van der Waals surface area contributed by atoms with Crippen molar-refractivity contribution in [2.75, 3.05) is 6.54 Å². The minimum atomic E-state index is -0.253. The summed E-state index contributed by atoms with van der Waals surface area (Å²) in [7, 11) is 0. The van der Waals surface area contributed by atoms with Crippen molar-refractivity contribution in [2.45, 2.75) is 39.8 Å². The van der Waals surface area contributed by atoms with Crippen molar-refractivity contribution in [3.05, 3.63) is 28.6 Å². The van der Waals surface area contributed by atoms with E-state index < -0.39 is 0 Å². The first kappa shape index (κ1) is 15.6. The fourth-order valence-corrected chi connectivity index (χ4v) is 3.94. The van der Waals surface area contributed by atoms with E-state index >= 15 is 0 Å². The summed E-state index contributed by atoms with van der Waals surface area (Å²) < 4.78 is 0. The number of thiophene rings is 1. The van der Waals surface area contributed by atoms with Crippen molar-refractivity contribution in [1.82, 2.24) is 10.3 Å². The molecule has 0 amide bonds. The van der Waals surface area contributed by atoms with E-state index in [1.54, 1.807) is 22.7 Å². The van der Waals surface area contributed by atoms with Gasteiger partial charge in [-0.15, -0.1) is 22.7 Å². The monoisotopic (exact) mass is 310 g/mol. The summed E-state index contributed by atoms with van der Waals surface area (Å²) in [5, 5.41) is 18.2. The summed E-state index contributed by atoms with van der Waals surface area (Å²) in [6, 6.07) is 4.16. The molecule has 1 atom stereocenters. The number of nitrogens with zero attached hydrogens (tertiary/aromatic N) is 1. The number of aromatic nitrogens is 1. The quantitative estimate of drug-likeness (QED) is 0.818. The molecule has 0 spiro atoms. The SMILES string of the molecule is CC(O)CC(C)(C)CNCc1csc(-c2cccs2)n1. The molecule has 3 nitrogen and oxygen atoms in total. The Kier molecular flexibility index (Phi) is 5.32. The molecule has 0 saturated carbocycles. The average molecular weight is 310 g/mol. The summed E-state index contributed by atoms with van der Waals surface area (Å²) in [6.07, 6.45) is 0.550. The molecule has 0 aromatic carbocycles. The van der Waals surface area contributed by atoms with Crippen LogP contribution in [0.3, 0.4) is 0 Å². The first-order chi connectivity index (χ1) is 9.46. The molecule has 2 rings (SSSR count). The van der Waals surface area contributed by atoms with Crippen molar-refractivity contribution < 1.29 is 5.11 Å². The van der Waals surface area contributed by atoms with E-state index in [0.717, 1.165) is 30.2 Å². The van der Waals surface area contributed by atoms with Crippen LogP contribution in [0.15, 0.2) is 22.9 Å². The van der Waals surface area contributed by atoms with Gasteiger partial charge in [-0.25, -0.2) is 4.98 Å². The van der Waals surface area contributed by atoms with Crippen LogP contribution in [0.2, 0.25) is 0 Å². The molecule has 2 heterocycles. The average Bonchev–Trinajstić information content (AvgIpc) is 2.96. The Bertz CT molecular complexity index is 518. The highest BCUT2D eigenvalue weighted by Crippen LogP contribution is 2.28. The molecule has 0 aliphatic heterocycles. The van der Waals surface area contributed by atoms with Crippen LogP contribution in [-0.2, 0) is 6.54 Å². The first-order valence-corrected chi connectivity index (χ1v) is 8.59. The lowest BCUT2D eigenvalue weighted by atomic mass is 9.87. The van der Waals surface area contributed by atoms with Crippen molar-refractivity contribution >= 4 is 22.7 Å². The van der Waals surface area contributed by atoms with Gasteiger partial charge < -0.3 is 10.4 Å². The lowest BCUT2D eigenvalue weighted by Gasteiger charge is -2.26. The maximum absolute atomic E-state index is 9.48. The molecule has 0 radical (unpaired) electrons. The molecule has 0 saturated heterocycles.